The van der Waals surface area contributed by atoms with Crippen LogP contribution in [0.4, 0.5) is 0 Å². The molecule has 1 rings (SSSR count). The number of nitrogens with zero attached hydrogens (tertiary/aromatic N) is 2. The van der Waals surface area contributed by atoms with Crippen molar-refractivity contribution in [3.05, 3.63) is 24.9 Å². The van der Waals surface area contributed by atoms with Crippen LogP contribution in [0.5, 0.6) is 0 Å². The third-order valence-corrected chi connectivity index (χ3v) is 0.479. The lowest BCUT2D eigenvalue weighted by molar-refractivity contribution is 0.402. The minimum absolute atomic E-state index is 0. The summed E-state index contributed by atoms with van der Waals surface area (Å²) in [5.41, 5.74) is 0. The van der Waals surface area contributed by atoms with Gasteiger partial charge in [0.05, 0.1) is 12.4 Å². The molecule has 1 heterocycles. The maximum absolute atomic E-state index is 4.65. The molecule has 0 amide bonds. The van der Waals surface area contributed by atoms with Gasteiger partial charge in [0.1, 0.15) is 12.5 Å². The fourth-order valence-corrected chi connectivity index (χ4v) is 0.247. The normalized spacial score (nSPS) is 14.0. The first-order chi connectivity index (χ1) is 3.50. The molecule has 0 bridgehead atoms. The topological polar surface area (TPSA) is 34.0 Å². The highest BCUT2D eigenvalue weighted by atomic mass is 79.9. The van der Waals surface area contributed by atoms with Gasteiger partial charge in [-0.3, -0.25) is 0 Å². The van der Waals surface area contributed by atoms with E-state index in [0.717, 1.165) is 0 Å². The predicted molar refractivity (Wildman–Crippen MR) is 34.5 cm³/mol. The highest BCUT2D eigenvalue weighted by Crippen LogP contribution is 1.88. The number of azo groups is 1. The molecule has 8 heavy (non-hydrogen) atoms. The molecular weight excluding hydrogens is 172 g/mol. The van der Waals surface area contributed by atoms with Gasteiger partial charge in [0, 0.05) is 0 Å². The van der Waals surface area contributed by atoms with Crippen molar-refractivity contribution >= 4 is 17.0 Å². The molecule has 0 fully saturated rings. The van der Waals surface area contributed by atoms with E-state index >= 15 is 0 Å². The van der Waals surface area contributed by atoms with E-state index < -0.39 is 0 Å². The highest BCUT2D eigenvalue weighted by molar-refractivity contribution is 8.93. The van der Waals surface area contributed by atoms with E-state index in [2.05, 4.69) is 15.0 Å². The first-order valence-corrected chi connectivity index (χ1v) is 1.85. The second-order valence-corrected chi connectivity index (χ2v) is 0.937. The predicted octanol–water partition coefficient (Wildman–Crippen LogP) is 1.99. The number of hydrogen-bond acceptors (Lipinski definition) is 3. The van der Waals surface area contributed by atoms with Crippen LogP contribution in [-0.2, 0) is 4.74 Å². The lowest BCUT2D eigenvalue weighted by Crippen LogP contribution is -1.56. The van der Waals surface area contributed by atoms with Gasteiger partial charge in [-0.1, -0.05) is 0 Å². The summed E-state index contributed by atoms with van der Waals surface area (Å²) >= 11 is 0. The van der Waals surface area contributed by atoms with Crippen molar-refractivity contribution in [1.82, 2.24) is 0 Å². The standard InChI is InChI=1S/C4H4N2O.BrH/c1-3-7-4-2-6-5-1;/h1-4H;1H. The van der Waals surface area contributed by atoms with E-state index in [1.807, 2.05) is 0 Å². The Hall–Kier alpha value is -0.640. The lowest BCUT2D eigenvalue weighted by atomic mass is 11.0. The third kappa shape index (κ3) is 2.52. The molecule has 3 nitrogen and oxygen atoms in total. The molecule has 1 aliphatic rings. The van der Waals surface area contributed by atoms with Crippen molar-refractivity contribution in [3.8, 4) is 0 Å². The maximum atomic E-state index is 4.65. The van der Waals surface area contributed by atoms with Crippen LogP contribution in [0.2, 0.25) is 0 Å². The Kier molecular flexibility index (Phi) is 4.16. The van der Waals surface area contributed by atoms with Gasteiger partial charge in [-0.05, 0) is 0 Å². The van der Waals surface area contributed by atoms with Crippen LogP contribution in [0.3, 0.4) is 0 Å². The van der Waals surface area contributed by atoms with E-state index in [9.17, 15) is 0 Å². The number of hydrogen-bond donors (Lipinski definition) is 0. The summed E-state index contributed by atoms with van der Waals surface area (Å²) in [5, 5.41) is 7.01. The molecule has 0 unspecified atom stereocenters. The van der Waals surface area contributed by atoms with Gasteiger partial charge in [0.25, 0.3) is 0 Å². The molecule has 0 saturated carbocycles. The first kappa shape index (κ1) is 7.36. The van der Waals surface area contributed by atoms with Crippen LogP contribution >= 0.6 is 17.0 Å². The van der Waals surface area contributed by atoms with Crippen molar-refractivity contribution in [2.45, 2.75) is 0 Å². The van der Waals surface area contributed by atoms with E-state index in [1.54, 1.807) is 0 Å². The van der Waals surface area contributed by atoms with Crippen LogP contribution in [-0.4, -0.2) is 0 Å². The summed E-state index contributed by atoms with van der Waals surface area (Å²) in [4.78, 5) is 0. The van der Waals surface area contributed by atoms with Crippen LogP contribution in [0, 0.1) is 0 Å². The van der Waals surface area contributed by atoms with Gasteiger partial charge >= 0.3 is 0 Å². The SMILES string of the molecule is Br.C1=COC=CN=N1. The van der Waals surface area contributed by atoms with E-state index in [1.165, 1.54) is 24.9 Å². The lowest BCUT2D eigenvalue weighted by Gasteiger charge is -1.77. The zero-order valence-corrected chi connectivity index (χ0v) is 5.73. The summed E-state index contributed by atoms with van der Waals surface area (Å²) in [7, 11) is 0. The monoisotopic (exact) mass is 176 g/mol. The fourth-order valence-electron chi connectivity index (χ4n) is 0.247. The number of ether oxygens (including phenoxy) is 1. The quantitative estimate of drug-likeness (QED) is 0.556. The Bertz CT molecular complexity index is 116. The smallest absolute Gasteiger partial charge is 0.110 e. The average Bonchev–Trinajstić information content (AvgIpc) is 1.90. The number of halogens is 1. The molecule has 0 aliphatic carbocycles. The summed E-state index contributed by atoms with van der Waals surface area (Å²) in [6.45, 7) is 0. The molecular formula is C4H5BrN2O. The molecule has 0 saturated heterocycles. The molecule has 0 radical (unpaired) electrons. The second-order valence-electron chi connectivity index (χ2n) is 0.937. The van der Waals surface area contributed by atoms with Crippen molar-refractivity contribution in [2.75, 3.05) is 0 Å². The molecule has 0 aromatic heterocycles. The minimum atomic E-state index is 0. The van der Waals surface area contributed by atoms with Crippen molar-refractivity contribution < 1.29 is 4.74 Å². The van der Waals surface area contributed by atoms with Crippen molar-refractivity contribution in [3.63, 3.8) is 0 Å². The van der Waals surface area contributed by atoms with Crippen LogP contribution < -0.4 is 0 Å². The Morgan fingerprint density at radius 1 is 1.00 bits per heavy atom. The Morgan fingerprint density at radius 3 is 2.00 bits per heavy atom. The number of rotatable bonds is 0. The average molecular weight is 177 g/mol. The van der Waals surface area contributed by atoms with Crippen LogP contribution in [0.15, 0.2) is 35.2 Å². The summed E-state index contributed by atoms with van der Waals surface area (Å²) in [6.07, 6.45) is 5.85. The first-order valence-electron chi connectivity index (χ1n) is 1.85. The van der Waals surface area contributed by atoms with Crippen LogP contribution in [0.25, 0.3) is 0 Å². The molecule has 0 aromatic rings. The Labute approximate surface area is 57.5 Å². The molecule has 44 valence electrons. The van der Waals surface area contributed by atoms with Gasteiger partial charge in [-0.15, -0.1) is 17.0 Å². The van der Waals surface area contributed by atoms with Gasteiger partial charge in [-0.25, -0.2) is 0 Å². The van der Waals surface area contributed by atoms with E-state index in [4.69, 9.17) is 0 Å². The Balaban J connectivity index is 0.000000490. The van der Waals surface area contributed by atoms with Crippen LogP contribution in [0.1, 0.15) is 0 Å². The largest absolute Gasteiger partial charge is 0.469 e. The summed E-state index contributed by atoms with van der Waals surface area (Å²) < 4.78 is 4.65. The summed E-state index contributed by atoms with van der Waals surface area (Å²) in [6, 6.07) is 0. The van der Waals surface area contributed by atoms with E-state index in [-0.39, 0.29) is 17.0 Å². The zero-order valence-electron chi connectivity index (χ0n) is 4.02. The second kappa shape index (κ2) is 4.52. The van der Waals surface area contributed by atoms with Gasteiger partial charge in [-0.2, -0.15) is 10.2 Å². The minimum Gasteiger partial charge on any atom is -0.469 e. The maximum Gasteiger partial charge on any atom is 0.110 e. The molecule has 0 atom stereocenters. The molecule has 0 aromatic carbocycles. The van der Waals surface area contributed by atoms with Gasteiger partial charge in [0.2, 0.25) is 0 Å². The highest BCUT2D eigenvalue weighted by Gasteiger charge is 1.71. The molecule has 0 N–H and O–H groups in total. The van der Waals surface area contributed by atoms with Gasteiger partial charge in [0.15, 0.2) is 0 Å². The van der Waals surface area contributed by atoms with Crippen molar-refractivity contribution in [2.24, 2.45) is 10.2 Å². The fraction of sp³-hybridized carbons (Fsp3) is 0. The zero-order chi connectivity index (χ0) is 4.95. The third-order valence-electron chi connectivity index (χ3n) is 0.479. The van der Waals surface area contributed by atoms with Gasteiger partial charge < -0.3 is 4.74 Å². The van der Waals surface area contributed by atoms with Crippen molar-refractivity contribution in [1.29, 1.82) is 0 Å². The molecule has 0 spiro atoms. The molecule has 1 aliphatic heterocycles. The van der Waals surface area contributed by atoms with E-state index in [0.29, 0.717) is 0 Å². The Morgan fingerprint density at radius 2 is 1.50 bits per heavy atom. The summed E-state index contributed by atoms with van der Waals surface area (Å²) in [5.74, 6) is 0. The molecule has 4 heteroatoms.